The highest BCUT2D eigenvalue weighted by Gasteiger charge is 2.30. The second kappa shape index (κ2) is 8.77. The van der Waals surface area contributed by atoms with Crippen LogP contribution < -0.4 is 16.8 Å². The van der Waals surface area contributed by atoms with Gasteiger partial charge in [0.05, 0.1) is 22.6 Å². The van der Waals surface area contributed by atoms with E-state index in [0.29, 0.717) is 21.8 Å². The summed E-state index contributed by atoms with van der Waals surface area (Å²) in [6, 6.07) is 9.39. The van der Waals surface area contributed by atoms with Crippen molar-refractivity contribution in [2.24, 2.45) is 5.73 Å². The monoisotopic (exact) mass is 464 g/mol. The summed E-state index contributed by atoms with van der Waals surface area (Å²) in [5, 5.41) is 13.4. The summed E-state index contributed by atoms with van der Waals surface area (Å²) in [4.78, 5) is 19.0. The first-order valence-electron chi connectivity index (χ1n) is 9.61. The Kier molecular flexibility index (Phi) is 6.04. The molecule has 0 spiro atoms. The zero-order valence-electron chi connectivity index (χ0n) is 16.5. The molecule has 0 radical (unpaired) electrons. The number of halogens is 3. The zero-order valence-corrected chi connectivity index (χ0v) is 17.3. The summed E-state index contributed by atoms with van der Waals surface area (Å²) >= 11 is 1.37. The summed E-state index contributed by atoms with van der Waals surface area (Å²) in [5.41, 5.74) is 7.85. The van der Waals surface area contributed by atoms with Crippen molar-refractivity contribution in [2.75, 3.05) is 18.5 Å². The number of fused-ring (bicyclic) bond motifs is 1. The number of nitrogens with one attached hydrogen (secondary N) is 2. The number of hydrogen-bond donors (Lipinski definition) is 4. The molecule has 0 fully saturated rings. The topological polar surface area (TPSA) is 117 Å². The van der Waals surface area contributed by atoms with Crippen LogP contribution in [-0.4, -0.2) is 34.3 Å². The van der Waals surface area contributed by atoms with Gasteiger partial charge in [-0.2, -0.15) is 13.2 Å². The van der Waals surface area contributed by atoms with Gasteiger partial charge in [0.25, 0.3) is 0 Å². The number of nitrogens with two attached hydrogens (primary N) is 1. The van der Waals surface area contributed by atoms with Crippen molar-refractivity contribution in [3.05, 3.63) is 70.3 Å². The van der Waals surface area contributed by atoms with Crippen LogP contribution in [-0.2, 0) is 6.18 Å². The predicted octanol–water partition coefficient (Wildman–Crippen LogP) is 3.78. The lowest BCUT2D eigenvalue weighted by Gasteiger charge is -2.23. The zero-order chi connectivity index (χ0) is 22.9. The van der Waals surface area contributed by atoms with Gasteiger partial charge in [-0.25, -0.2) is 9.78 Å². The summed E-state index contributed by atoms with van der Waals surface area (Å²) < 4.78 is 43.4. The summed E-state index contributed by atoms with van der Waals surface area (Å²) in [7, 11) is 0. The average molecular weight is 464 g/mol. The molecular weight excluding hydrogens is 445 g/mol. The highest BCUT2D eigenvalue weighted by atomic mass is 32.1. The number of aliphatic hydroxyl groups excluding tert-OH is 1. The second-order valence-corrected chi connectivity index (χ2v) is 8.24. The van der Waals surface area contributed by atoms with Crippen LogP contribution in [0.1, 0.15) is 17.0 Å². The number of aromatic amines is 1. The summed E-state index contributed by atoms with van der Waals surface area (Å²) in [5.74, 6) is -1.06. The smallest absolute Gasteiger partial charge is 0.408 e. The number of hydrogen-bond acceptors (Lipinski definition) is 7. The summed E-state index contributed by atoms with van der Waals surface area (Å²) in [6.07, 6.45) is -2.75. The van der Waals surface area contributed by atoms with Crippen molar-refractivity contribution in [2.45, 2.75) is 18.1 Å². The van der Waals surface area contributed by atoms with Gasteiger partial charge in [-0.15, -0.1) is 0 Å². The quantitative estimate of drug-likeness (QED) is 0.331. The van der Waals surface area contributed by atoms with E-state index in [9.17, 15) is 23.1 Å². The Hall–Kier alpha value is -3.15. The lowest BCUT2D eigenvalue weighted by molar-refractivity contribution is -0.137. The third kappa shape index (κ3) is 4.69. The van der Waals surface area contributed by atoms with Crippen molar-refractivity contribution in [1.82, 2.24) is 9.97 Å². The number of H-pyrrole nitrogens is 1. The van der Waals surface area contributed by atoms with Crippen LogP contribution >= 0.6 is 11.3 Å². The maximum atomic E-state index is 12.8. The van der Waals surface area contributed by atoms with Crippen LogP contribution in [0.3, 0.4) is 0 Å². The first-order valence-corrected chi connectivity index (χ1v) is 10.4. The molecule has 0 aliphatic heterocycles. The number of alkyl halides is 3. The lowest BCUT2D eigenvalue weighted by atomic mass is 9.92. The highest BCUT2D eigenvalue weighted by molar-refractivity contribution is 7.18. The largest absolute Gasteiger partial charge is 0.417 e. The van der Waals surface area contributed by atoms with Crippen LogP contribution in [0.4, 0.5) is 18.3 Å². The molecule has 2 aromatic carbocycles. The van der Waals surface area contributed by atoms with Gasteiger partial charge in [0.1, 0.15) is 0 Å². The fourth-order valence-electron chi connectivity index (χ4n) is 3.34. The molecule has 0 saturated carbocycles. The maximum Gasteiger partial charge on any atom is 0.417 e. The van der Waals surface area contributed by atoms with Crippen molar-refractivity contribution in [1.29, 1.82) is 0 Å². The summed E-state index contributed by atoms with van der Waals surface area (Å²) in [6.45, 7) is -0.0515. The number of rotatable bonds is 7. The fraction of sp³-hybridized carbons (Fsp3) is 0.238. The van der Waals surface area contributed by atoms with Crippen molar-refractivity contribution < 1.29 is 22.7 Å². The van der Waals surface area contributed by atoms with Crippen LogP contribution in [0.2, 0.25) is 0 Å². The molecule has 4 aromatic rings. The van der Waals surface area contributed by atoms with Gasteiger partial charge in [0.15, 0.2) is 10.7 Å². The van der Waals surface area contributed by atoms with Crippen LogP contribution in [0, 0.1) is 0 Å². The molecule has 32 heavy (non-hydrogen) atoms. The number of oxazole rings is 1. The second-order valence-electron chi connectivity index (χ2n) is 7.21. The fourth-order valence-corrected chi connectivity index (χ4v) is 4.16. The Morgan fingerprint density at radius 1 is 1.22 bits per heavy atom. The predicted molar refractivity (Wildman–Crippen MR) is 116 cm³/mol. The van der Waals surface area contributed by atoms with E-state index in [-0.39, 0.29) is 13.2 Å². The molecule has 2 heterocycles. The molecular formula is C21H19F3N4O3S. The Morgan fingerprint density at radius 2 is 1.97 bits per heavy atom. The van der Waals surface area contributed by atoms with Crippen molar-refractivity contribution in [3.63, 3.8) is 0 Å². The maximum absolute atomic E-state index is 12.8. The molecule has 0 unspecified atom stereocenters. The number of nitrogens with zero attached hydrogens (tertiary/aromatic N) is 1. The van der Waals surface area contributed by atoms with Gasteiger partial charge >= 0.3 is 11.9 Å². The molecule has 168 valence electrons. The minimum atomic E-state index is -4.42. The minimum Gasteiger partial charge on any atom is -0.408 e. The van der Waals surface area contributed by atoms with E-state index in [1.54, 1.807) is 18.3 Å². The van der Waals surface area contributed by atoms with Gasteiger partial charge < -0.3 is 20.6 Å². The van der Waals surface area contributed by atoms with E-state index in [4.69, 9.17) is 10.2 Å². The minimum absolute atomic E-state index is 0.255. The lowest BCUT2D eigenvalue weighted by Crippen LogP contribution is -2.37. The Bertz CT molecular complexity index is 1260. The first-order chi connectivity index (χ1) is 15.2. The number of thiazole rings is 1. The molecule has 0 aliphatic rings. The number of aliphatic hydroxyl groups is 1. The molecule has 0 amide bonds. The van der Waals surface area contributed by atoms with E-state index in [0.717, 1.165) is 22.6 Å². The molecule has 11 heteroatoms. The molecule has 2 atom stereocenters. The van der Waals surface area contributed by atoms with Gasteiger partial charge in [0.2, 0.25) is 0 Å². The Morgan fingerprint density at radius 3 is 2.66 bits per heavy atom. The van der Waals surface area contributed by atoms with E-state index in [1.165, 1.54) is 23.5 Å². The number of benzene rings is 2. The first kappa shape index (κ1) is 22.1. The van der Waals surface area contributed by atoms with Crippen LogP contribution in [0.5, 0.6) is 0 Å². The van der Waals surface area contributed by atoms with E-state index < -0.39 is 29.5 Å². The number of aromatic nitrogens is 2. The molecule has 5 N–H and O–H groups in total. The van der Waals surface area contributed by atoms with Crippen molar-refractivity contribution >= 4 is 27.6 Å². The molecule has 0 aliphatic carbocycles. The van der Waals surface area contributed by atoms with E-state index >= 15 is 0 Å². The molecule has 0 saturated heterocycles. The molecule has 7 nitrogen and oxygen atoms in total. The third-order valence-electron chi connectivity index (χ3n) is 5.08. The normalized spacial score (nSPS) is 13.9. The Balaban J connectivity index is 1.42. The SMILES string of the molecule is N[C@@H](CNc1ncc(-c2ccc3[nH]c(=O)oc3c2)s1)[C@@H](CO)c1ccc(C(F)(F)F)cc1. The third-order valence-corrected chi connectivity index (χ3v) is 6.08. The van der Waals surface area contributed by atoms with E-state index in [2.05, 4.69) is 15.3 Å². The standard InChI is InChI=1S/C21H19F3N4O3S/c22-21(23,24)13-4-1-11(2-5-13)14(10-29)15(25)8-26-19-27-9-18(32-19)12-3-6-16-17(7-12)31-20(30)28-16/h1-7,9,14-15,29H,8,10,25H2,(H,26,27)(H,28,30)/t14-,15-/m0/s1. The van der Waals surface area contributed by atoms with Gasteiger partial charge in [-0.3, -0.25) is 4.98 Å². The highest BCUT2D eigenvalue weighted by Crippen LogP contribution is 2.32. The molecule has 2 aromatic heterocycles. The molecule has 4 rings (SSSR count). The average Bonchev–Trinajstić information content (AvgIpc) is 3.37. The van der Waals surface area contributed by atoms with Gasteiger partial charge in [-0.05, 0) is 35.4 Å². The van der Waals surface area contributed by atoms with E-state index in [1.807, 2.05) is 6.07 Å². The van der Waals surface area contributed by atoms with Crippen molar-refractivity contribution in [3.8, 4) is 10.4 Å². The van der Waals surface area contributed by atoms with Crippen LogP contribution in [0.15, 0.2) is 57.9 Å². The van der Waals surface area contributed by atoms with Crippen LogP contribution in [0.25, 0.3) is 21.5 Å². The van der Waals surface area contributed by atoms with Gasteiger partial charge in [-0.1, -0.05) is 29.5 Å². The van der Waals surface area contributed by atoms with Gasteiger partial charge in [0, 0.05) is 24.7 Å². The number of anilines is 1. The molecule has 0 bridgehead atoms. The Labute approximate surface area is 183 Å².